The van der Waals surface area contributed by atoms with Gasteiger partial charge < -0.3 is 15.0 Å². The second-order valence-electron chi connectivity index (χ2n) is 6.74. The van der Waals surface area contributed by atoms with E-state index in [2.05, 4.69) is 26.3 Å². The number of aryl methyl sites for hydroxylation is 1. The molecule has 23 heavy (non-hydrogen) atoms. The van der Waals surface area contributed by atoms with Crippen LogP contribution in [0.25, 0.3) is 0 Å². The molecule has 2 amide bonds. The Bertz CT molecular complexity index is 594. The van der Waals surface area contributed by atoms with Crippen LogP contribution in [-0.2, 0) is 11.8 Å². The molecule has 128 valence electrons. The van der Waals surface area contributed by atoms with Crippen molar-refractivity contribution in [3.05, 3.63) is 16.4 Å². The fraction of sp³-hybridized carbons (Fsp3) is 0.667. The number of aromatic nitrogens is 2. The van der Waals surface area contributed by atoms with Crippen molar-refractivity contribution in [2.75, 3.05) is 13.1 Å². The summed E-state index contributed by atoms with van der Waals surface area (Å²) in [4.78, 5) is 26.2. The summed E-state index contributed by atoms with van der Waals surface area (Å²) in [5.74, 6) is -0.131. The molecule has 1 aromatic heterocycles. The van der Waals surface area contributed by atoms with Crippen LogP contribution in [0.3, 0.4) is 0 Å². The molecule has 0 spiro atoms. The molecular weight excluding hydrogens is 364 g/mol. The lowest BCUT2D eigenvalue weighted by atomic mass is 10.1. The molecule has 0 aromatic carbocycles. The first-order valence-electron chi connectivity index (χ1n) is 7.63. The molecule has 0 aliphatic carbocycles. The van der Waals surface area contributed by atoms with E-state index in [0.717, 1.165) is 12.8 Å². The highest BCUT2D eigenvalue weighted by molar-refractivity contribution is 9.10. The molecule has 0 radical (unpaired) electrons. The molecule has 1 aromatic rings. The van der Waals surface area contributed by atoms with Crippen LogP contribution in [0.2, 0.25) is 0 Å². The lowest BCUT2D eigenvalue weighted by Crippen LogP contribution is -2.50. The van der Waals surface area contributed by atoms with Gasteiger partial charge in [0.2, 0.25) is 0 Å². The van der Waals surface area contributed by atoms with E-state index >= 15 is 0 Å². The maximum absolute atomic E-state index is 12.6. The maximum Gasteiger partial charge on any atom is 0.407 e. The molecule has 1 atom stereocenters. The van der Waals surface area contributed by atoms with E-state index in [1.165, 1.54) is 0 Å². The van der Waals surface area contributed by atoms with E-state index in [0.29, 0.717) is 23.3 Å². The smallest absolute Gasteiger partial charge is 0.407 e. The van der Waals surface area contributed by atoms with Crippen molar-refractivity contribution in [1.82, 2.24) is 20.0 Å². The van der Waals surface area contributed by atoms with Crippen LogP contribution >= 0.6 is 15.9 Å². The van der Waals surface area contributed by atoms with E-state index in [9.17, 15) is 9.59 Å². The zero-order chi connectivity index (χ0) is 17.2. The summed E-state index contributed by atoms with van der Waals surface area (Å²) >= 11 is 3.35. The van der Waals surface area contributed by atoms with Gasteiger partial charge in [0.1, 0.15) is 5.60 Å². The quantitative estimate of drug-likeness (QED) is 0.845. The van der Waals surface area contributed by atoms with Crippen LogP contribution in [0.4, 0.5) is 4.79 Å². The number of nitrogens with one attached hydrogen (secondary N) is 1. The molecular formula is C15H23BrN4O3. The van der Waals surface area contributed by atoms with Crippen molar-refractivity contribution in [1.29, 1.82) is 0 Å². The molecule has 1 saturated heterocycles. The van der Waals surface area contributed by atoms with Gasteiger partial charge in [0.25, 0.3) is 5.91 Å². The number of amides is 2. The lowest BCUT2D eigenvalue weighted by molar-refractivity contribution is 0.0451. The Balaban J connectivity index is 1.97. The van der Waals surface area contributed by atoms with Gasteiger partial charge in [-0.05, 0) is 49.5 Å². The van der Waals surface area contributed by atoms with Gasteiger partial charge in [0.15, 0.2) is 5.69 Å². The fourth-order valence-electron chi connectivity index (χ4n) is 2.51. The van der Waals surface area contributed by atoms with Crippen LogP contribution in [-0.4, -0.2) is 51.4 Å². The normalized spacial score (nSPS) is 18.7. The number of rotatable bonds is 2. The Morgan fingerprint density at radius 1 is 1.43 bits per heavy atom. The Morgan fingerprint density at radius 3 is 2.70 bits per heavy atom. The lowest BCUT2D eigenvalue weighted by Gasteiger charge is -2.33. The number of carbonyl (C=O) groups is 2. The minimum Gasteiger partial charge on any atom is -0.444 e. The van der Waals surface area contributed by atoms with E-state index in [4.69, 9.17) is 4.74 Å². The van der Waals surface area contributed by atoms with Crippen LogP contribution in [0, 0.1) is 0 Å². The Kier molecular flexibility index (Phi) is 5.33. The van der Waals surface area contributed by atoms with Gasteiger partial charge >= 0.3 is 6.09 Å². The number of hydrogen-bond acceptors (Lipinski definition) is 4. The summed E-state index contributed by atoms with van der Waals surface area (Å²) in [5, 5.41) is 7.03. The number of nitrogens with zero attached hydrogens (tertiary/aromatic N) is 3. The van der Waals surface area contributed by atoms with Gasteiger partial charge in [-0.3, -0.25) is 9.48 Å². The summed E-state index contributed by atoms with van der Waals surface area (Å²) in [6, 6.07) is -0.106. The molecule has 0 bridgehead atoms. The SMILES string of the molecule is Cn1cc(Br)c(C(=O)N2CCC[C@H](NC(=O)OC(C)(C)C)C2)n1. The van der Waals surface area contributed by atoms with E-state index in [-0.39, 0.29) is 11.9 Å². The number of ether oxygens (including phenoxy) is 1. The van der Waals surface area contributed by atoms with Crippen LogP contribution < -0.4 is 5.32 Å². The van der Waals surface area contributed by atoms with Crippen molar-refractivity contribution in [2.24, 2.45) is 7.05 Å². The van der Waals surface area contributed by atoms with E-state index in [1.807, 2.05) is 20.8 Å². The average Bonchev–Trinajstić information content (AvgIpc) is 2.75. The third-order valence-corrected chi connectivity index (χ3v) is 4.00. The fourth-order valence-corrected chi connectivity index (χ4v) is 3.05. The molecule has 0 saturated carbocycles. The number of alkyl carbamates (subject to hydrolysis) is 1. The topological polar surface area (TPSA) is 76.5 Å². The first-order chi connectivity index (χ1) is 10.7. The first kappa shape index (κ1) is 17.8. The highest BCUT2D eigenvalue weighted by Crippen LogP contribution is 2.19. The standard InChI is InChI=1S/C15H23BrN4O3/c1-15(2,3)23-14(22)17-10-6-5-7-20(8-10)13(21)12-11(16)9-19(4)18-12/h9-10H,5-8H2,1-4H3,(H,17,22)/t10-/m0/s1. The third-order valence-electron chi connectivity index (χ3n) is 3.42. The molecule has 1 fully saturated rings. The predicted octanol–water partition coefficient (Wildman–Crippen LogP) is 2.31. The first-order valence-corrected chi connectivity index (χ1v) is 8.43. The van der Waals surface area contributed by atoms with Gasteiger partial charge in [-0.25, -0.2) is 4.79 Å². The molecule has 2 heterocycles. The second-order valence-corrected chi connectivity index (χ2v) is 7.59. The highest BCUT2D eigenvalue weighted by atomic mass is 79.9. The van der Waals surface area contributed by atoms with Crippen LogP contribution in [0.15, 0.2) is 10.7 Å². The minimum absolute atomic E-state index is 0.106. The number of carbonyl (C=O) groups excluding carboxylic acids is 2. The molecule has 1 N–H and O–H groups in total. The Labute approximate surface area is 144 Å². The van der Waals surface area contributed by atoms with Gasteiger partial charge in [-0.15, -0.1) is 0 Å². The van der Waals surface area contributed by atoms with Gasteiger partial charge in [-0.2, -0.15) is 5.10 Å². The average molecular weight is 387 g/mol. The molecule has 8 heteroatoms. The Hall–Kier alpha value is -1.57. The Morgan fingerprint density at radius 2 is 2.13 bits per heavy atom. The second kappa shape index (κ2) is 6.90. The zero-order valence-corrected chi connectivity index (χ0v) is 15.5. The molecule has 7 nitrogen and oxygen atoms in total. The maximum atomic E-state index is 12.6. The predicted molar refractivity (Wildman–Crippen MR) is 89.2 cm³/mol. The summed E-state index contributed by atoms with van der Waals surface area (Å²) < 4.78 is 7.53. The van der Waals surface area contributed by atoms with Crippen molar-refractivity contribution >= 4 is 27.9 Å². The minimum atomic E-state index is -0.535. The monoisotopic (exact) mass is 386 g/mol. The number of hydrogen-bond donors (Lipinski definition) is 1. The zero-order valence-electron chi connectivity index (χ0n) is 13.9. The summed E-state index contributed by atoms with van der Waals surface area (Å²) in [6.07, 6.45) is 2.95. The van der Waals surface area contributed by atoms with Crippen molar-refractivity contribution in [3.63, 3.8) is 0 Å². The number of likely N-dealkylation sites (tertiary alicyclic amines) is 1. The number of halogens is 1. The van der Waals surface area contributed by atoms with Crippen molar-refractivity contribution in [3.8, 4) is 0 Å². The van der Waals surface area contributed by atoms with E-state index in [1.54, 1.807) is 22.8 Å². The summed E-state index contributed by atoms with van der Waals surface area (Å²) in [7, 11) is 1.77. The largest absolute Gasteiger partial charge is 0.444 e. The van der Waals surface area contributed by atoms with Gasteiger partial charge in [-0.1, -0.05) is 0 Å². The van der Waals surface area contributed by atoms with Crippen LogP contribution in [0.1, 0.15) is 44.1 Å². The van der Waals surface area contributed by atoms with Crippen molar-refractivity contribution < 1.29 is 14.3 Å². The van der Waals surface area contributed by atoms with Gasteiger partial charge in [0, 0.05) is 32.4 Å². The summed E-state index contributed by atoms with van der Waals surface area (Å²) in [6.45, 7) is 6.58. The van der Waals surface area contributed by atoms with Crippen LogP contribution in [0.5, 0.6) is 0 Å². The summed E-state index contributed by atoms with van der Waals surface area (Å²) in [5.41, 5.74) is -0.141. The molecule has 2 rings (SSSR count). The molecule has 0 unspecified atom stereocenters. The molecule has 1 aliphatic rings. The van der Waals surface area contributed by atoms with Gasteiger partial charge in [0.05, 0.1) is 4.47 Å². The molecule has 1 aliphatic heterocycles. The van der Waals surface area contributed by atoms with E-state index < -0.39 is 11.7 Å². The highest BCUT2D eigenvalue weighted by Gasteiger charge is 2.29. The number of piperidine rings is 1. The van der Waals surface area contributed by atoms with Crippen molar-refractivity contribution in [2.45, 2.75) is 45.3 Å². The third kappa shape index (κ3) is 4.95.